The predicted octanol–water partition coefficient (Wildman–Crippen LogP) is 2.22. The minimum absolute atomic E-state index is 0. The van der Waals surface area contributed by atoms with Gasteiger partial charge in [-0.1, -0.05) is 19.1 Å². The van der Waals surface area contributed by atoms with Crippen LogP contribution in [-0.2, 0) is 16.1 Å². The van der Waals surface area contributed by atoms with E-state index in [1.807, 2.05) is 19.1 Å². The number of hydrogen-bond acceptors (Lipinski definition) is 4. The lowest BCUT2D eigenvalue weighted by Gasteiger charge is -2.18. The van der Waals surface area contributed by atoms with E-state index in [1.165, 1.54) is 0 Å². The number of amides is 1. The van der Waals surface area contributed by atoms with Gasteiger partial charge in [0.25, 0.3) is 0 Å². The van der Waals surface area contributed by atoms with Crippen molar-refractivity contribution in [3.8, 4) is 5.75 Å². The number of aliphatic imine (C=N–C) groups is 1. The molecule has 27 heavy (non-hydrogen) atoms. The number of ether oxygens (including phenoxy) is 2. The van der Waals surface area contributed by atoms with Crippen LogP contribution in [0.15, 0.2) is 23.2 Å². The molecule has 1 atom stereocenters. The minimum atomic E-state index is -0.110. The van der Waals surface area contributed by atoms with Crippen LogP contribution in [0.1, 0.15) is 31.4 Å². The number of halogens is 1. The molecule has 0 bridgehead atoms. The van der Waals surface area contributed by atoms with Crippen LogP contribution in [0, 0.1) is 6.92 Å². The first kappa shape index (κ1) is 25.4. The van der Waals surface area contributed by atoms with Gasteiger partial charge in [-0.25, -0.2) is 0 Å². The van der Waals surface area contributed by atoms with Crippen LogP contribution in [0.5, 0.6) is 5.75 Å². The molecule has 0 aliphatic rings. The lowest BCUT2D eigenvalue weighted by molar-refractivity contribution is -0.120. The molecule has 0 spiro atoms. The van der Waals surface area contributed by atoms with Crippen LogP contribution in [-0.4, -0.2) is 51.8 Å². The Morgan fingerprint density at radius 1 is 1.26 bits per heavy atom. The summed E-state index contributed by atoms with van der Waals surface area (Å²) in [7, 11) is 3.27. The second-order valence-electron chi connectivity index (χ2n) is 6.07. The highest BCUT2D eigenvalue weighted by Crippen LogP contribution is 2.22. The van der Waals surface area contributed by atoms with E-state index in [2.05, 4.69) is 40.9 Å². The van der Waals surface area contributed by atoms with Crippen molar-refractivity contribution in [2.24, 2.45) is 4.99 Å². The standard InChI is InChI=1S/C19H32N4O3.HI/c1-6-15(3)26-17-11-14(2)7-8-16(17)12-22-19(20-4)23-13-18(24)21-9-10-25-5;/h7-8,11,15H,6,9-10,12-13H2,1-5H3,(H,21,24)(H2,20,22,23);1H. The molecule has 1 aromatic carbocycles. The number of rotatable bonds is 10. The molecular weight excluding hydrogens is 459 g/mol. The van der Waals surface area contributed by atoms with Gasteiger partial charge in [-0.2, -0.15) is 0 Å². The molecular formula is C19H33IN4O3. The molecule has 0 radical (unpaired) electrons. The average Bonchev–Trinajstić information content (AvgIpc) is 2.63. The summed E-state index contributed by atoms with van der Waals surface area (Å²) in [6.07, 6.45) is 1.10. The number of hydrogen-bond donors (Lipinski definition) is 3. The van der Waals surface area contributed by atoms with Gasteiger partial charge in [0.15, 0.2) is 5.96 Å². The topological polar surface area (TPSA) is 84.0 Å². The summed E-state index contributed by atoms with van der Waals surface area (Å²) in [4.78, 5) is 15.9. The second kappa shape index (κ2) is 14.5. The van der Waals surface area contributed by atoms with Gasteiger partial charge in [0.05, 0.1) is 19.3 Å². The van der Waals surface area contributed by atoms with Gasteiger partial charge in [0.1, 0.15) is 5.75 Å². The lowest BCUT2D eigenvalue weighted by Crippen LogP contribution is -2.43. The first-order valence-corrected chi connectivity index (χ1v) is 8.96. The van der Waals surface area contributed by atoms with Crippen molar-refractivity contribution in [1.82, 2.24) is 16.0 Å². The van der Waals surface area contributed by atoms with Crippen LogP contribution in [0.4, 0.5) is 0 Å². The van der Waals surface area contributed by atoms with Crippen molar-refractivity contribution < 1.29 is 14.3 Å². The molecule has 1 aromatic rings. The molecule has 154 valence electrons. The molecule has 3 N–H and O–H groups in total. The van der Waals surface area contributed by atoms with E-state index in [1.54, 1.807) is 14.2 Å². The van der Waals surface area contributed by atoms with Crippen molar-refractivity contribution >= 4 is 35.8 Å². The number of carbonyl (C=O) groups excluding carboxylic acids is 1. The van der Waals surface area contributed by atoms with E-state index < -0.39 is 0 Å². The Bertz CT molecular complexity index is 596. The number of benzene rings is 1. The molecule has 1 amide bonds. The van der Waals surface area contributed by atoms with Crippen molar-refractivity contribution in [3.05, 3.63) is 29.3 Å². The molecule has 0 heterocycles. The van der Waals surface area contributed by atoms with Crippen LogP contribution >= 0.6 is 24.0 Å². The van der Waals surface area contributed by atoms with Crippen LogP contribution in [0.2, 0.25) is 0 Å². The third kappa shape index (κ3) is 10.4. The first-order valence-electron chi connectivity index (χ1n) is 8.96. The monoisotopic (exact) mass is 492 g/mol. The SMILES string of the molecule is CCC(C)Oc1cc(C)ccc1CNC(=NC)NCC(=O)NCCOC.I. The Morgan fingerprint density at radius 3 is 2.63 bits per heavy atom. The van der Waals surface area contributed by atoms with Gasteiger partial charge >= 0.3 is 0 Å². The molecule has 1 unspecified atom stereocenters. The molecule has 0 fully saturated rings. The maximum absolute atomic E-state index is 11.7. The Morgan fingerprint density at radius 2 is 2.00 bits per heavy atom. The predicted molar refractivity (Wildman–Crippen MR) is 120 cm³/mol. The Balaban J connectivity index is 0.00000676. The Kier molecular flexibility index (Phi) is 13.7. The summed E-state index contributed by atoms with van der Waals surface area (Å²) in [5.41, 5.74) is 2.20. The first-order chi connectivity index (χ1) is 12.5. The maximum atomic E-state index is 11.7. The van der Waals surface area contributed by atoms with Gasteiger partial charge in [-0.3, -0.25) is 9.79 Å². The van der Waals surface area contributed by atoms with Gasteiger partial charge < -0.3 is 25.4 Å². The molecule has 0 saturated carbocycles. The van der Waals surface area contributed by atoms with Crippen molar-refractivity contribution in [3.63, 3.8) is 0 Å². The zero-order chi connectivity index (χ0) is 19.4. The van der Waals surface area contributed by atoms with Crippen LogP contribution in [0.25, 0.3) is 0 Å². The lowest BCUT2D eigenvalue weighted by atomic mass is 10.1. The number of guanidine groups is 1. The Hall–Kier alpha value is -1.55. The third-order valence-corrected chi connectivity index (χ3v) is 3.84. The fraction of sp³-hybridized carbons (Fsp3) is 0.579. The second-order valence-corrected chi connectivity index (χ2v) is 6.07. The number of aryl methyl sites for hydroxylation is 1. The van der Waals surface area contributed by atoms with E-state index >= 15 is 0 Å². The van der Waals surface area contributed by atoms with E-state index in [9.17, 15) is 4.79 Å². The van der Waals surface area contributed by atoms with Crippen molar-refractivity contribution in [2.75, 3.05) is 33.9 Å². The summed E-state index contributed by atoms with van der Waals surface area (Å²) < 4.78 is 10.9. The zero-order valence-corrected chi connectivity index (χ0v) is 19.3. The number of carbonyl (C=O) groups is 1. The molecule has 7 nitrogen and oxygen atoms in total. The van der Waals surface area contributed by atoms with Crippen LogP contribution < -0.4 is 20.7 Å². The molecule has 0 aliphatic heterocycles. The quantitative estimate of drug-likeness (QED) is 0.202. The van der Waals surface area contributed by atoms with Gasteiger partial charge in [0, 0.05) is 32.8 Å². The van der Waals surface area contributed by atoms with Crippen molar-refractivity contribution in [1.29, 1.82) is 0 Å². The van der Waals surface area contributed by atoms with E-state index in [-0.39, 0.29) is 42.5 Å². The fourth-order valence-electron chi connectivity index (χ4n) is 2.14. The number of methoxy groups -OCH3 is 1. The van der Waals surface area contributed by atoms with Gasteiger partial charge in [-0.15, -0.1) is 24.0 Å². The fourth-order valence-corrected chi connectivity index (χ4v) is 2.14. The van der Waals surface area contributed by atoms with Gasteiger partial charge in [0.2, 0.25) is 5.91 Å². The highest BCUT2D eigenvalue weighted by molar-refractivity contribution is 14.0. The highest BCUT2D eigenvalue weighted by Gasteiger charge is 2.09. The van der Waals surface area contributed by atoms with E-state index in [0.717, 1.165) is 23.3 Å². The summed E-state index contributed by atoms with van der Waals surface area (Å²) in [6, 6.07) is 6.15. The smallest absolute Gasteiger partial charge is 0.239 e. The van der Waals surface area contributed by atoms with Crippen molar-refractivity contribution in [2.45, 2.75) is 39.8 Å². The average molecular weight is 492 g/mol. The van der Waals surface area contributed by atoms with E-state index in [0.29, 0.717) is 25.7 Å². The zero-order valence-electron chi connectivity index (χ0n) is 16.9. The molecule has 1 rings (SSSR count). The summed E-state index contributed by atoms with van der Waals surface area (Å²) >= 11 is 0. The molecule has 8 heteroatoms. The highest BCUT2D eigenvalue weighted by atomic mass is 127. The Labute approximate surface area is 179 Å². The molecule has 0 aromatic heterocycles. The minimum Gasteiger partial charge on any atom is -0.490 e. The number of nitrogens with zero attached hydrogens (tertiary/aromatic N) is 1. The molecule has 0 saturated heterocycles. The summed E-state index contributed by atoms with van der Waals surface area (Å²) in [5.74, 6) is 1.32. The van der Waals surface area contributed by atoms with Crippen LogP contribution in [0.3, 0.4) is 0 Å². The molecule has 0 aliphatic carbocycles. The van der Waals surface area contributed by atoms with E-state index in [4.69, 9.17) is 9.47 Å². The number of nitrogens with one attached hydrogen (secondary N) is 3. The maximum Gasteiger partial charge on any atom is 0.239 e. The largest absolute Gasteiger partial charge is 0.490 e. The third-order valence-electron chi connectivity index (χ3n) is 3.84. The summed E-state index contributed by atoms with van der Waals surface area (Å²) in [6.45, 7) is 7.88. The van der Waals surface area contributed by atoms with Gasteiger partial charge in [-0.05, 0) is 31.9 Å². The summed E-state index contributed by atoms with van der Waals surface area (Å²) in [5, 5.41) is 8.96. The normalized spacial score (nSPS) is 12.0.